The van der Waals surface area contributed by atoms with Crippen LogP contribution in [0, 0.1) is 6.92 Å². The molecule has 0 atom stereocenters. The fourth-order valence-electron chi connectivity index (χ4n) is 1.80. The number of hydrogen-bond acceptors (Lipinski definition) is 3. The van der Waals surface area contributed by atoms with E-state index in [1.54, 1.807) is 36.5 Å². The first-order valence-electron chi connectivity index (χ1n) is 5.97. The predicted octanol–water partition coefficient (Wildman–Crippen LogP) is 3.08. The molecule has 1 heterocycles. The van der Waals surface area contributed by atoms with Crippen LogP contribution in [0.3, 0.4) is 0 Å². The van der Waals surface area contributed by atoms with Gasteiger partial charge < -0.3 is 15.7 Å². The second-order valence-corrected chi connectivity index (χ2v) is 5.02. The summed E-state index contributed by atoms with van der Waals surface area (Å²) in [5, 5.41) is 18.3. The normalized spacial score (nSPS) is 10.1. The molecule has 20 heavy (non-hydrogen) atoms. The van der Waals surface area contributed by atoms with Crippen molar-refractivity contribution in [2.75, 3.05) is 5.32 Å². The summed E-state index contributed by atoms with van der Waals surface area (Å²) in [5.74, 6) is -1.06. The van der Waals surface area contributed by atoms with Crippen molar-refractivity contribution in [1.82, 2.24) is 5.32 Å². The first kappa shape index (κ1) is 14.1. The maximum atomic E-state index is 11.8. The molecule has 5 nitrogen and oxygen atoms in total. The number of aryl methyl sites for hydroxylation is 1. The highest BCUT2D eigenvalue weighted by Crippen LogP contribution is 2.19. The van der Waals surface area contributed by atoms with E-state index in [0.29, 0.717) is 17.8 Å². The molecule has 0 radical (unpaired) electrons. The zero-order chi connectivity index (χ0) is 14.5. The standard InChI is InChI=1S/C14H14N2O3S/c1-9-3-2-4-11(12(9)13(17)18)16-14(19)15-7-10-5-6-20-8-10/h2-6,8H,7H2,1H3,(H,17,18)(H2,15,16,19). The number of aromatic carboxylic acids is 1. The molecule has 0 aliphatic carbocycles. The minimum Gasteiger partial charge on any atom is -0.478 e. The van der Waals surface area contributed by atoms with Crippen molar-refractivity contribution >= 4 is 29.0 Å². The molecule has 0 spiro atoms. The molecule has 3 N–H and O–H groups in total. The molecule has 0 aliphatic heterocycles. The number of anilines is 1. The van der Waals surface area contributed by atoms with Crippen molar-refractivity contribution in [3.8, 4) is 0 Å². The van der Waals surface area contributed by atoms with Crippen molar-refractivity contribution in [2.24, 2.45) is 0 Å². The molecule has 104 valence electrons. The largest absolute Gasteiger partial charge is 0.478 e. The molecule has 2 rings (SSSR count). The third kappa shape index (κ3) is 3.36. The van der Waals surface area contributed by atoms with E-state index in [4.69, 9.17) is 5.11 Å². The number of rotatable bonds is 4. The first-order chi connectivity index (χ1) is 9.58. The Morgan fingerprint density at radius 1 is 1.30 bits per heavy atom. The lowest BCUT2D eigenvalue weighted by Gasteiger charge is -2.11. The lowest BCUT2D eigenvalue weighted by atomic mass is 10.1. The van der Waals surface area contributed by atoms with Crippen LogP contribution in [0.15, 0.2) is 35.0 Å². The Kier molecular flexibility index (Phi) is 4.37. The van der Waals surface area contributed by atoms with Crippen LogP contribution in [-0.2, 0) is 6.54 Å². The Balaban J connectivity index is 2.04. The van der Waals surface area contributed by atoms with Gasteiger partial charge in [0.2, 0.25) is 0 Å². The highest BCUT2D eigenvalue weighted by molar-refractivity contribution is 7.07. The molecule has 1 aromatic carbocycles. The highest BCUT2D eigenvalue weighted by Gasteiger charge is 2.14. The van der Waals surface area contributed by atoms with Gasteiger partial charge in [-0.25, -0.2) is 9.59 Å². The van der Waals surface area contributed by atoms with Crippen molar-refractivity contribution in [3.05, 3.63) is 51.7 Å². The molecule has 0 fully saturated rings. The zero-order valence-electron chi connectivity index (χ0n) is 10.8. The Hall–Kier alpha value is -2.34. The number of carboxylic acid groups (broad SMARTS) is 1. The van der Waals surface area contributed by atoms with Crippen molar-refractivity contribution in [2.45, 2.75) is 13.5 Å². The maximum absolute atomic E-state index is 11.8. The molecule has 0 aliphatic rings. The summed E-state index contributed by atoms with van der Waals surface area (Å²) in [4.78, 5) is 23.0. The van der Waals surface area contributed by atoms with Crippen LogP contribution in [0.25, 0.3) is 0 Å². The van der Waals surface area contributed by atoms with E-state index in [1.807, 2.05) is 16.8 Å². The van der Waals surface area contributed by atoms with Crippen LogP contribution >= 0.6 is 11.3 Å². The average Bonchev–Trinajstić information content (AvgIpc) is 2.89. The van der Waals surface area contributed by atoms with Crippen LogP contribution in [-0.4, -0.2) is 17.1 Å². The molecule has 1 aromatic heterocycles. The first-order valence-corrected chi connectivity index (χ1v) is 6.91. The van der Waals surface area contributed by atoms with E-state index < -0.39 is 12.0 Å². The summed E-state index contributed by atoms with van der Waals surface area (Å²) in [6, 6.07) is 6.46. The fraction of sp³-hybridized carbons (Fsp3) is 0.143. The summed E-state index contributed by atoms with van der Waals surface area (Å²) in [6.07, 6.45) is 0. The monoisotopic (exact) mass is 290 g/mol. The summed E-state index contributed by atoms with van der Waals surface area (Å²) < 4.78 is 0. The van der Waals surface area contributed by atoms with Crippen LogP contribution in [0.4, 0.5) is 10.5 Å². The van der Waals surface area contributed by atoms with Gasteiger partial charge in [0.15, 0.2) is 0 Å². The molecular formula is C14H14N2O3S. The van der Waals surface area contributed by atoms with Crippen molar-refractivity contribution in [3.63, 3.8) is 0 Å². The summed E-state index contributed by atoms with van der Waals surface area (Å²) in [6.45, 7) is 2.10. The third-order valence-electron chi connectivity index (χ3n) is 2.77. The van der Waals surface area contributed by atoms with Gasteiger partial charge in [0.1, 0.15) is 0 Å². The van der Waals surface area contributed by atoms with Gasteiger partial charge in [-0.2, -0.15) is 11.3 Å². The molecule has 6 heteroatoms. The average molecular weight is 290 g/mol. The second-order valence-electron chi connectivity index (χ2n) is 4.24. The van der Waals surface area contributed by atoms with Crippen LogP contribution < -0.4 is 10.6 Å². The van der Waals surface area contributed by atoms with E-state index in [1.165, 1.54) is 0 Å². The number of nitrogens with one attached hydrogen (secondary N) is 2. The van der Waals surface area contributed by atoms with E-state index in [9.17, 15) is 9.59 Å². The molecule has 2 aromatic rings. The smallest absolute Gasteiger partial charge is 0.338 e. The molecular weight excluding hydrogens is 276 g/mol. The summed E-state index contributed by atoms with van der Waals surface area (Å²) >= 11 is 1.55. The Labute approximate surface area is 120 Å². The minimum atomic E-state index is -1.06. The summed E-state index contributed by atoms with van der Waals surface area (Å²) in [5.41, 5.74) is 2.01. The van der Waals surface area contributed by atoms with Crippen LogP contribution in [0.1, 0.15) is 21.5 Å². The molecule has 0 unspecified atom stereocenters. The van der Waals surface area contributed by atoms with Gasteiger partial charge >= 0.3 is 12.0 Å². The van der Waals surface area contributed by atoms with Crippen LogP contribution in [0.5, 0.6) is 0 Å². The number of thiophene rings is 1. The van der Waals surface area contributed by atoms with E-state index in [-0.39, 0.29) is 5.56 Å². The minimum absolute atomic E-state index is 0.109. The number of amides is 2. The molecule has 0 bridgehead atoms. The van der Waals surface area contributed by atoms with Gasteiger partial charge in [-0.15, -0.1) is 0 Å². The SMILES string of the molecule is Cc1cccc(NC(=O)NCc2ccsc2)c1C(=O)O. The number of carbonyl (C=O) groups excluding carboxylic acids is 1. The zero-order valence-corrected chi connectivity index (χ0v) is 11.7. The molecule has 0 saturated heterocycles. The van der Waals surface area contributed by atoms with Crippen molar-refractivity contribution in [1.29, 1.82) is 0 Å². The van der Waals surface area contributed by atoms with Crippen LogP contribution in [0.2, 0.25) is 0 Å². The lowest BCUT2D eigenvalue weighted by Crippen LogP contribution is -2.28. The Bertz CT molecular complexity index is 623. The Morgan fingerprint density at radius 3 is 2.75 bits per heavy atom. The maximum Gasteiger partial charge on any atom is 0.338 e. The van der Waals surface area contributed by atoms with Gasteiger partial charge in [-0.3, -0.25) is 0 Å². The fourth-order valence-corrected chi connectivity index (χ4v) is 2.47. The number of carbonyl (C=O) groups is 2. The van der Waals surface area contributed by atoms with Gasteiger partial charge in [-0.1, -0.05) is 12.1 Å². The molecule has 2 amide bonds. The molecule has 0 saturated carbocycles. The van der Waals surface area contributed by atoms with E-state index >= 15 is 0 Å². The van der Waals surface area contributed by atoms with Gasteiger partial charge in [-0.05, 0) is 40.9 Å². The highest BCUT2D eigenvalue weighted by atomic mass is 32.1. The van der Waals surface area contributed by atoms with E-state index in [0.717, 1.165) is 5.56 Å². The number of hydrogen-bond donors (Lipinski definition) is 3. The summed E-state index contributed by atoms with van der Waals surface area (Å²) in [7, 11) is 0. The van der Waals surface area contributed by atoms with Crippen molar-refractivity contribution < 1.29 is 14.7 Å². The third-order valence-corrected chi connectivity index (χ3v) is 3.50. The van der Waals surface area contributed by atoms with Gasteiger partial charge in [0.25, 0.3) is 0 Å². The number of benzene rings is 1. The number of carboxylic acids is 1. The lowest BCUT2D eigenvalue weighted by molar-refractivity contribution is 0.0697. The van der Waals surface area contributed by atoms with E-state index in [2.05, 4.69) is 10.6 Å². The Morgan fingerprint density at radius 2 is 2.10 bits per heavy atom. The van der Waals surface area contributed by atoms with Gasteiger partial charge in [0.05, 0.1) is 11.3 Å². The second kappa shape index (κ2) is 6.21. The van der Waals surface area contributed by atoms with Gasteiger partial charge in [0, 0.05) is 6.54 Å². The topological polar surface area (TPSA) is 78.4 Å². The predicted molar refractivity (Wildman–Crippen MR) is 78.3 cm³/mol. The quantitative estimate of drug-likeness (QED) is 0.809. The number of urea groups is 1.